The largest absolute Gasteiger partial charge is 0.330 e. The van der Waals surface area contributed by atoms with Gasteiger partial charge in [0.05, 0.1) is 0 Å². The number of nitrogens with zero attached hydrogens (tertiary/aromatic N) is 1. The summed E-state index contributed by atoms with van der Waals surface area (Å²) in [5, 5.41) is 0. The average molecular weight is 210 g/mol. The van der Waals surface area contributed by atoms with Crippen LogP contribution in [0.15, 0.2) is 12.2 Å². The van der Waals surface area contributed by atoms with Crippen molar-refractivity contribution in [3.63, 3.8) is 0 Å². The minimum atomic E-state index is 0.431. The second kappa shape index (κ2) is 6.29. The number of hydrogen-bond acceptors (Lipinski definition) is 2. The number of hydrogen-bond donors (Lipinski definition) is 1. The normalized spacial score (nSPS) is 18.3. The molecule has 15 heavy (non-hydrogen) atoms. The van der Waals surface area contributed by atoms with Crippen LogP contribution in [0.2, 0.25) is 0 Å². The lowest BCUT2D eigenvalue weighted by atomic mass is 9.84. The zero-order valence-corrected chi connectivity index (χ0v) is 10.3. The SMILES string of the molecule is CC(C)(CCN)CCCN1CC=CCC1. The van der Waals surface area contributed by atoms with Crippen LogP contribution in [0.4, 0.5) is 0 Å². The Balaban J connectivity index is 2.12. The van der Waals surface area contributed by atoms with Crippen molar-refractivity contribution in [3.05, 3.63) is 12.2 Å². The van der Waals surface area contributed by atoms with Gasteiger partial charge in [-0.15, -0.1) is 0 Å². The van der Waals surface area contributed by atoms with E-state index >= 15 is 0 Å². The summed E-state index contributed by atoms with van der Waals surface area (Å²) in [5.41, 5.74) is 6.04. The van der Waals surface area contributed by atoms with Gasteiger partial charge in [0.2, 0.25) is 0 Å². The highest BCUT2D eigenvalue weighted by atomic mass is 15.1. The Labute approximate surface area is 94.5 Å². The molecule has 1 heterocycles. The van der Waals surface area contributed by atoms with Crippen molar-refractivity contribution in [2.75, 3.05) is 26.2 Å². The molecule has 0 spiro atoms. The number of rotatable bonds is 6. The monoisotopic (exact) mass is 210 g/mol. The molecule has 0 saturated heterocycles. The van der Waals surface area contributed by atoms with Gasteiger partial charge in [-0.3, -0.25) is 4.90 Å². The summed E-state index contributed by atoms with van der Waals surface area (Å²) >= 11 is 0. The summed E-state index contributed by atoms with van der Waals surface area (Å²) in [5.74, 6) is 0. The van der Waals surface area contributed by atoms with E-state index in [0.29, 0.717) is 5.41 Å². The third-order valence-electron chi connectivity index (χ3n) is 3.29. The predicted octanol–water partition coefficient (Wildman–Crippen LogP) is 2.40. The van der Waals surface area contributed by atoms with E-state index in [2.05, 4.69) is 30.9 Å². The lowest BCUT2D eigenvalue weighted by Crippen LogP contribution is -2.29. The summed E-state index contributed by atoms with van der Waals surface area (Å²) in [4.78, 5) is 2.54. The molecule has 0 fully saturated rings. The molecule has 0 atom stereocenters. The first-order chi connectivity index (χ1) is 7.14. The Kier molecular flexibility index (Phi) is 5.34. The molecule has 2 nitrogen and oxygen atoms in total. The minimum absolute atomic E-state index is 0.431. The van der Waals surface area contributed by atoms with Gasteiger partial charge in [-0.2, -0.15) is 0 Å². The van der Waals surface area contributed by atoms with Crippen LogP contribution in [0.25, 0.3) is 0 Å². The molecule has 2 heteroatoms. The molecular weight excluding hydrogens is 184 g/mol. The van der Waals surface area contributed by atoms with Crippen molar-refractivity contribution in [2.24, 2.45) is 11.1 Å². The highest BCUT2D eigenvalue weighted by Crippen LogP contribution is 2.25. The van der Waals surface area contributed by atoms with Gasteiger partial charge < -0.3 is 5.73 Å². The summed E-state index contributed by atoms with van der Waals surface area (Å²) in [7, 11) is 0. The molecule has 0 unspecified atom stereocenters. The average Bonchev–Trinajstić information content (AvgIpc) is 2.19. The van der Waals surface area contributed by atoms with E-state index in [1.165, 1.54) is 32.4 Å². The first kappa shape index (κ1) is 12.7. The predicted molar refractivity (Wildman–Crippen MR) is 66.9 cm³/mol. The van der Waals surface area contributed by atoms with Crippen LogP contribution >= 0.6 is 0 Å². The highest BCUT2D eigenvalue weighted by molar-refractivity contribution is 4.90. The van der Waals surface area contributed by atoms with Crippen molar-refractivity contribution in [1.82, 2.24) is 4.90 Å². The highest BCUT2D eigenvalue weighted by Gasteiger charge is 2.16. The van der Waals surface area contributed by atoms with Gasteiger partial charge >= 0.3 is 0 Å². The van der Waals surface area contributed by atoms with Crippen molar-refractivity contribution in [2.45, 2.75) is 39.5 Å². The Morgan fingerprint density at radius 2 is 2.07 bits per heavy atom. The minimum Gasteiger partial charge on any atom is -0.330 e. The zero-order chi connectivity index (χ0) is 11.1. The molecule has 0 aromatic rings. The summed E-state index contributed by atoms with van der Waals surface area (Å²) in [6, 6.07) is 0. The van der Waals surface area contributed by atoms with E-state index < -0.39 is 0 Å². The van der Waals surface area contributed by atoms with Crippen LogP contribution in [0.3, 0.4) is 0 Å². The molecule has 1 aliphatic heterocycles. The first-order valence-corrected chi connectivity index (χ1v) is 6.21. The van der Waals surface area contributed by atoms with Gasteiger partial charge in [0.15, 0.2) is 0 Å². The van der Waals surface area contributed by atoms with Crippen molar-refractivity contribution in [1.29, 1.82) is 0 Å². The van der Waals surface area contributed by atoms with Gasteiger partial charge in [-0.1, -0.05) is 26.0 Å². The van der Waals surface area contributed by atoms with Crippen LogP contribution in [-0.4, -0.2) is 31.1 Å². The summed E-state index contributed by atoms with van der Waals surface area (Å²) < 4.78 is 0. The van der Waals surface area contributed by atoms with Gasteiger partial charge in [-0.25, -0.2) is 0 Å². The van der Waals surface area contributed by atoms with Crippen LogP contribution in [-0.2, 0) is 0 Å². The van der Waals surface area contributed by atoms with E-state index in [1.54, 1.807) is 0 Å². The van der Waals surface area contributed by atoms with Crippen LogP contribution in [0, 0.1) is 5.41 Å². The molecule has 0 amide bonds. The van der Waals surface area contributed by atoms with E-state index in [-0.39, 0.29) is 0 Å². The van der Waals surface area contributed by atoms with Crippen LogP contribution in [0.1, 0.15) is 39.5 Å². The molecule has 1 aliphatic rings. The molecule has 0 aromatic heterocycles. The summed E-state index contributed by atoms with van der Waals surface area (Å²) in [6.45, 7) is 9.12. The zero-order valence-electron chi connectivity index (χ0n) is 10.3. The third-order valence-corrected chi connectivity index (χ3v) is 3.29. The van der Waals surface area contributed by atoms with Crippen LogP contribution < -0.4 is 5.73 Å². The molecule has 0 bridgehead atoms. The van der Waals surface area contributed by atoms with E-state index in [1.807, 2.05) is 0 Å². The van der Waals surface area contributed by atoms with Gasteiger partial charge in [-0.05, 0) is 44.2 Å². The Bertz CT molecular complexity index is 197. The maximum absolute atomic E-state index is 5.61. The second-order valence-corrected chi connectivity index (χ2v) is 5.37. The van der Waals surface area contributed by atoms with Gasteiger partial charge in [0.1, 0.15) is 0 Å². The fraction of sp³-hybridized carbons (Fsp3) is 0.846. The Hall–Kier alpha value is -0.340. The third kappa shape index (κ3) is 5.33. The van der Waals surface area contributed by atoms with Crippen molar-refractivity contribution >= 4 is 0 Å². The molecule has 0 saturated carbocycles. The molecule has 88 valence electrons. The second-order valence-electron chi connectivity index (χ2n) is 5.37. The fourth-order valence-corrected chi connectivity index (χ4v) is 2.19. The quantitative estimate of drug-likeness (QED) is 0.682. The van der Waals surface area contributed by atoms with E-state index in [4.69, 9.17) is 5.73 Å². The molecule has 0 aliphatic carbocycles. The molecule has 1 rings (SSSR count). The Morgan fingerprint density at radius 3 is 2.67 bits per heavy atom. The summed E-state index contributed by atoms with van der Waals surface area (Å²) in [6.07, 6.45) is 9.55. The van der Waals surface area contributed by atoms with Crippen molar-refractivity contribution in [3.8, 4) is 0 Å². The van der Waals surface area contributed by atoms with Crippen molar-refractivity contribution < 1.29 is 0 Å². The number of nitrogens with two attached hydrogens (primary N) is 1. The lowest BCUT2D eigenvalue weighted by Gasteiger charge is -2.27. The molecular formula is C13H26N2. The maximum atomic E-state index is 5.61. The lowest BCUT2D eigenvalue weighted by molar-refractivity contribution is 0.247. The molecule has 0 aromatic carbocycles. The standard InChI is InChI=1S/C13H26N2/c1-13(2,8-9-14)7-6-12-15-10-4-3-5-11-15/h3-4H,5-12,14H2,1-2H3. The fourth-order valence-electron chi connectivity index (χ4n) is 2.19. The topological polar surface area (TPSA) is 29.3 Å². The van der Waals surface area contributed by atoms with E-state index in [0.717, 1.165) is 19.5 Å². The maximum Gasteiger partial charge on any atom is 0.0163 e. The van der Waals surface area contributed by atoms with E-state index in [9.17, 15) is 0 Å². The smallest absolute Gasteiger partial charge is 0.0163 e. The van der Waals surface area contributed by atoms with Gasteiger partial charge in [0, 0.05) is 13.1 Å². The first-order valence-electron chi connectivity index (χ1n) is 6.21. The van der Waals surface area contributed by atoms with Gasteiger partial charge in [0.25, 0.3) is 0 Å². The molecule has 2 N–H and O–H groups in total. The Morgan fingerprint density at radius 1 is 1.27 bits per heavy atom. The van der Waals surface area contributed by atoms with Crippen LogP contribution in [0.5, 0.6) is 0 Å². The molecule has 0 radical (unpaired) electrons.